The fourth-order valence-corrected chi connectivity index (χ4v) is 1.75. The van der Waals surface area contributed by atoms with Crippen molar-refractivity contribution in [3.63, 3.8) is 0 Å². The topological polar surface area (TPSA) is 80.9 Å². The SMILES string of the molecule is Nc1cncc(C(=O)NCCC2CCC2)n1. The number of nitrogens with two attached hydrogens (primary N) is 1. The second kappa shape index (κ2) is 4.92. The summed E-state index contributed by atoms with van der Waals surface area (Å²) >= 11 is 0. The zero-order valence-electron chi connectivity index (χ0n) is 9.15. The molecule has 5 nitrogen and oxygen atoms in total. The minimum absolute atomic E-state index is 0.195. The number of carbonyl (C=O) groups is 1. The second-order valence-electron chi connectivity index (χ2n) is 4.17. The van der Waals surface area contributed by atoms with Crippen molar-refractivity contribution in [2.24, 2.45) is 5.92 Å². The standard InChI is InChI=1S/C11H16N4O/c12-10-7-13-6-9(15-10)11(16)14-5-4-8-2-1-3-8/h6-8H,1-5H2,(H2,12,15)(H,14,16). The van der Waals surface area contributed by atoms with Gasteiger partial charge in [-0.05, 0) is 12.3 Å². The molecule has 0 spiro atoms. The molecule has 2 rings (SSSR count). The van der Waals surface area contributed by atoms with Gasteiger partial charge in [-0.15, -0.1) is 0 Å². The van der Waals surface area contributed by atoms with Crippen LogP contribution < -0.4 is 11.1 Å². The Hall–Kier alpha value is -1.65. The predicted octanol–water partition coefficient (Wildman–Crippen LogP) is 0.979. The average Bonchev–Trinajstić information content (AvgIpc) is 2.21. The number of nitrogens with zero attached hydrogens (tertiary/aromatic N) is 2. The van der Waals surface area contributed by atoms with Crippen molar-refractivity contribution in [2.45, 2.75) is 25.7 Å². The lowest BCUT2D eigenvalue weighted by atomic mass is 9.83. The monoisotopic (exact) mass is 220 g/mol. The molecule has 1 aromatic rings. The van der Waals surface area contributed by atoms with Crippen LogP contribution in [0.15, 0.2) is 12.4 Å². The lowest BCUT2D eigenvalue weighted by molar-refractivity contribution is 0.0943. The Balaban J connectivity index is 1.78. The van der Waals surface area contributed by atoms with Gasteiger partial charge in [0.05, 0.1) is 12.4 Å². The zero-order chi connectivity index (χ0) is 11.4. The number of anilines is 1. The lowest BCUT2D eigenvalue weighted by Gasteiger charge is -2.25. The highest BCUT2D eigenvalue weighted by Gasteiger charge is 2.17. The predicted molar refractivity (Wildman–Crippen MR) is 60.7 cm³/mol. The molecule has 0 radical (unpaired) electrons. The van der Waals surface area contributed by atoms with Gasteiger partial charge in [-0.25, -0.2) is 4.98 Å². The molecule has 1 aliphatic carbocycles. The van der Waals surface area contributed by atoms with E-state index in [4.69, 9.17) is 5.73 Å². The molecule has 1 aromatic heterocycles. The van der Waals surface area contributed by atoms with Crippen LogP contribution in [0.2, 0.25) is 0 Å². The van der Waals surface area contributed by atoms with E-state index >= 15 is 0 Å². The van der Waals surface area contributed by atoms with Crippen molar-refractivity contribution in [1.29, 1.82) is 0 Å². The highest BCUT2D eigenvalue weighted by atomic mass is 16.1. The van der Waals surface area contributed by atoms with E-state index in [1.54, 1.807) is 0 Å². The number of nitrogen functional groups attached to an aromatic ring is 1. The van der Waals surface area contributed by atoms with E-state index in [1.165, 1.54) is 31.7 Å². The van der Waals surface area contributed by atoms with Crippen molar-refractivity contribution in [3.8, 4) is 0 Å². The van der Waals surface area contributed by atoms with Gasteiger partial charge in [-0.3, -0.25) is 9.78 Å². The first-order valence-corrected chi connectivity index (χ1v) is 5.61. The molecule has 0 aliphatic heterocycles. The van der Waals surface area contributed by atoms with Gasteiger partial charge < -0.3 is 11.1 Å². The molecule has 3 N–H and O–H groups in total. The fraction of sp³-hybridized carbons (Fsp3) is 0.545. The van der Waals surface area contributed by atoms with Crippen molar-refractivity contribution in [3.05, 3.63) is 18.1 Å². The van der Waals surface area contributed by atoms with Crippen LogP contribution in [0.25, 0.3) is 0 Å². The van der Waals surface area contributed by atoms with Gasteiger partial charge >= 0.3 is 0 Å². The van der Waals surface area contributed by atoms with Crippen LogP contribution in [-0.2, 0) is 0 Å². The molecule has 0 unspecified atom stereocenters. The van der Waals surface area contributed by atoms with Gasteiger partial charge in [0.15, 0.2) is 0 Å². The molecule has 1 fully saturated rings. The summed E-state index contributed by atoms with van der Waals surface area (Å²) in [5.41, 5.74) is 5.74. The molecule has 0 saturated heterocycles. The number of rotatable bonds is 4. The van der Waals surface area contributed by atoms with Crippen LogP contribution in [0.5, 0.6) is 0 Å². The summed E-state index contributed by atoms with van der Waals surface area (Å²) in [4.78, 5) is 19.4. The van der Waals surface area contributed by atoms with E-state index in [0.29, 0.717) is 6.54 Å². The van der Waals surface area contributed by atoms with Gasteiger partial charge in [0.1, 0.15) is 11.5 Å². The number of nitrogens with one attached hydrogen (secondary N) is 1. The maximum atomic E-state index is 11.6. The number of hydrogen-bond acceptors (Lipinski definition) is 4. The van der Waals surface area contributed by atoms with Crippen LogP contribution in [0, 0.1) is 5.92 Å². The van der Waals surface area contributed by atoms with Crippen LogP contribution >= 0.6 is 0 Å². The zero-order valence-corrected chi connectivity index (χ0v) is 9.15. The van der Waals surface area contributed by atoms with Gasteiger partial charge in [0, 0.05) is 6.54 Å². The third-order valence-electron chi connectivity index (χ3n) is 2.95. The molecule has 0 aromatic carbocycles. The minimum atomic E-state index is -0.195. The Bertz CT molecular complexity index is 376. The molecule has 1 saturated carbocycles. The molecular weight excluding hydrogens is 204 g/mol. The molecule has 1 heterocycles. The smallest absolute Gasteiger partial charge is 0.271 e. The van der Waals surface area contributed by atoms with Gasteiger partial charge in [0.25, 0.3) is 5.91 Å². The molecule has 5 heteroatoms. The summed E-state index contributed by atoms with van der Waals surface area (Å²) in [5.74, 6) is 0.873. The second-order valence-corrected chi connectivity index (χ2v) is 4.17. The minimum Gasteiger partial charge on any atom is -0.382 e. The maximum absolute atomic E-state index is 11.6. The van der Waals surface area contributed by atoms with E-state index in [1.807, 2.05) is 0 Å². The first kappa shape index (κ1) is 10.9. The van der Waals surface area contributed by atoms with Crippen molar-refractivity contribution in [1.82, 2.24) is 15.3 Å². The summed E-state index contributed by atoms with van der Waals surface area (Å²) in [6.07, 6.45) is 7.84. The van der Waals surface area contributed by atoms with Gasteiger partial charge in [0.2, 0.25) is 0 Å². The van der Waals surface area contributed by atoms with Crippen LogP contribution in [0.3, 0.4) is 0 Å². The van der Waals surface area contributed by atoms with Crippen molar-refractivity contribution in [2.75, 3.05) is 12.3 Å². The molecule has 0 atom stereocenters. The summed E-state index contributed by atoms with van der Waals surface area (Å²) in [6, 6.07) is 0. The molecule has 1 amide bonds. The Labute approximate surface area is 94.5 Å². The molecule has 86 valence electrons. The number of amides is 1. The third kappa shape index (κ3) is 2.68. The number of hydrogen-bond donors (Lipinski definition) is 2. The summed E-state index contributed by atoms with van der Waals surface area (Å²) in [6.45, 7) is 0.708. The molecular formula is C11H16N4O. The highest BCUT2D eigenvalue weighted by molar-refractivity contribution is 5.92. The Morgan fingerprint density at radius 1 is 1.50 bits per heavy atom. The molecule has 16 heavy (non-hydrogen) atoms. The first-order chi connectivity index (χ1) is 7.75. The maximum Gasteiger partial charge on any atom is 0.271 e. The van der Waals surface area contributed by atoms with Crippen LogP contribution in [-0.4, -0.2) is 22.4 Å². The van der Waals surface area contributed by atoms with Crippen LogP contribution in [0.4, 0.5) is 5.82 Å². The quantitative estimate of drug-likeness (QED) is 0.792. The summed E-state index contributed by atoms with van der Waals surface area (Å²) < 4.78 is 0. The highest BCUT2D eigenvalue weighted by Crippen LogP contribution is 2.28. The first-order valence-electron chi connectivity index (χ1n) is 5.61. The number of aromatic nitrogens is 2. The summed E-state index contributed by atoms with van der Waals surface area (Å²) in [7, 11) is 0. The van der Waals surface area contributed by atoms with Crippen molar-refractivity contribution < 1.29 is 4.79 Å². The average molecular weight is 220 g/mol. The lowest BCUT2D eigenvalue weighted by Crippen LogP contribution is -2.28. The Morgan fingerprint density at radius 3 is 2.94 bits per heavy atom. The van der Waals surface area contributed by atoms with Gasteiger partial charge in [-0.1, -0.05) is 19.3 Å². The van der Waals surface area contributed by atoms with E-state index in [2.05, 4.69) is 15.3 Å². The Kier molecular flexibility index (Phi) is 3.34. The molecule has 0 bridgehead atoms. The summed E-state index contributed by atoms with van der Waals surface area (Å²) in [5, 5.41) is 2.83. The van der Waals surface area contributed by atoms with Gasteiger partial charge in [-0.2, -0.15) is 0 Å². The Morgan fingerprint density at radius 2 is 2.31 bits per heavy atom. The van der Waals surface area contributed by atoms with Crippen LogP contribution in [0.1, 0.15) is 36.2 Å². The van der Waals surface area contributed by atoms with E-state index in [0.717, 1.165) is 12.3 Å². The third-order valence-corrected chi connectivity index (χ3v) is 2.95. The van der Waals surface area contributed by atoms with E-state index < -0.39 is 0 Å². The molecule has 1 aliphatic rings. The van der Waals surface area contributed by atoms with E-state index in [9.17, 15) is 4.79 Å². The normalized spacial score (nSPS) is 15.5. The largest absolute Gasteiger partial charge is 0.382 e. The van der Waals surface area contributed by atoms with E-state index in [-0.39, 0.29) is 17.4 Å². The number of carbonyl (C=O) groups excluding carboxylic acids is 1. The fourth-order valence-electron chi connectivity index (χ4n) is 1.75. The van der Waals surface area contributed by atoms with Crippen molar-refractivity contribution >= 4 is 11.7 Å².